The lowest BCUT2D eigenvalue weighted by Gasteiger charge is -2.14. The number of nitrogens with zero attached hydrogens (tertiary/aromatic N) is 2. The molecule has 2 aromatic carbocycles. The van der Waals surface area contributed by atoms with E-state index < -0.39 is 4.92 Å². The van der Waals surface area contributed by atoms with E-state index in [1.807, 2.05) is 6.92 Å². The summed E-state index contributed by atoms with van der Waals surface area (Å²) in [5.41, 5.74) is 1.82. The van der Waals surface area contributed by atoms with Gasteiger partial charge in [-0.25, -0.2) is 0 Å². The second kappa shape index (κ2) is 7.03. The molecule has 6 nitrogen and oxygen atoms in total. The number of nitro groups is 1. The van der Waals surface area contributed by atoms with E-state index in [-0.39, 0.29) is 27.4 Å². The van der Waals surface area contributed by atoms with Crippen LogP contribution >= 0.6 is 35.4 Å². The van der Waals surface area contributed by atoms with Gasteiger partial charge in [0.1, 0.15) is 10.7 Å². The maximum Gasteiger partial charge on any atom is 0.288 e. The molecule has 0 aliphatic carbocycles. The quantitative estimate of drug-likeness (QED) is 0.351. The normalized spacial score (nSPS) is 15.5. The van der Waals surface area contributed by atoms with Gasteiger partial charge in [-0.3, -0.25) is 19.8 Å². The first-order valence-electron chi connectivity index (χ1n) is 7.35. The highest BCUT2D eigenvalue weighted by atomic mass is 35.5. The van der Waals surface area contributed by atoms with Gasteiger partial charge in [-0.1, -0.05) is 35.3 Å². The summed E-state index contributed by atoms with van der Waals surface area (Å²) >= 11 is 17.2. The van der Waals surface area contributed by atoms with E-state index >= 15 is 0 Å². The average Bonchev–Trinajstić information content (AvgIpc) is 2.85. The summed E-state index contributed by atoms with van der Waals surface area (Å²) in [5, 5.41) is 14.6. The van der Waals surface area contributed by atoms with Gasteiger partial charge in [0.25, 0.3) is 11.6 Å². The van der Waals surface area contributed by atoms with Crippen LogP contribution in [0.1, 0.15) is 11.1 Å². The first-order chi connectivity index (χ1) is 12.3. The molecule has 1 N–H and O–H groups in total. The number of anilines is 1. The van der Waals surface area contributed by atoms with Crippen LogP contribution in [0.25, 0.3) is 6.08 Å². The molecule has 0 bridgehead atoms. The molecule has 1 saturated heterocycles. The second-order valence-electron chi connectivity index (χ2n) is 5.53. The lowest BCUT2D eigenvalue weighted by atomic mass is 10.1. The van der Waals surface area contributed by atoms with E-state index in [2.05, 4.69) is 5.32 Å². The summed E-state index contributed by atoms with van der Waals surface area (Å²) in [7, 11) is 0. The first-order valence-corrected chi connectivity index (χ1v) is 8.51. The van der Waals surface area contributed by atoms with Gasteiger partial charge in [0.05, 0.1) is 10.6 Å². The van der Waals surface area contributed by atoms with E-state index in [0.717, 1.165) is 5.56 Å². The van der Waals surface area contributed by atoms with Crippen molar-refractivity contribution in [2.45, 2.75) is 6.92 Å². The number of hydrogen-bond acceptors (Lipinski definition) is 4. The van der Waals surface area contributed by atoms with Crippen LogP contribution in [-0.4, -0.2) is 15.9 Å². The summed E-state index contributed by atoms with van der Waals surface area (Å²) in [5.74, 6) is -0.382. The number of hydrogen-bond donors (Lipinski definition) is 1. The minimum Gasteiger partial charge on any atom is -0.327 e. The van der Waals surface area contributed by atoms with Crippen molar-refractivity contribution in [2.24, 2.45) is 0 Å². The van der Waals surface area contributed by atoms with E-state index in [4.69, 9.17) is 35.4 Å². The van der Waals surface area contributed by atoms with Crippen LogP contribution in [0.15, 0.2) is 42.1 Å². The molecule has 0 radical (unpaired) electrons. The van der Waals surface area contributed by atoms with E-state index in [1.54, 1.807) is 24.3 Å². The standard InChI is InChI=1S/C17H11Cl2N3O3S/c1-9-2-4-11(8-13(9)19)21-16(23)14(20-17(21)26)6-10-3-5-12(18)15(7-10)22(24)25/h2-8H,1H3,(H,20,26)/b14-6+. The number of benzene rings is 2. The maximum absolute atomic E-state index is 12.7. The van der Waals surface area contributed by atoms with Gasteiger partial charge < -0.3 is 5.32 Å². The van der Waals surface area contributed by atoms with Crippen molar-refractivity contribution in [1.29, 1.82) is 0 Å². The number of rotatable bonds is 3. The van der Waals surface area contributed by atoms with E-state index in [9.17, 15) is 14.9 Å². The fourth-order valence-electron chi connectivity index (χ4n) is 2.42. The van der Waals surface area contributed by atoms with Gasteiger partial charge in [-0.2, -0.15) is 0 Å². The molecule has 1 amide bonds. The zero-order valence-electron chi connectivity index (χ0n) is 13.3. The Hall–Kier alpha value is -2.48. The van der Waals surface area contributed by atoms with Crippen LogP contribution in [0, 0.1) is 17.0 Å². The SMILES string of the molecule is Cc1ccc(N2C(=O)/C(=C\c3ccc(Cl)c([N+](=O)[O-])c3)NC2=S)cc1Cl. The summed E-state index contributed by atoms with van der Waals surface area (Å²) in [6.07, 6.45) is 1.48. The minimum atomic E-state index is -0.584. The zero-order chi connectivity index (χ0) is 19.0. The molecule has 1 aliphatic rings. The number of halogens is 2. The predicted octanol–water partition coefficient (Wildman–Crippen LogP) is 4.47. The molecule has 0 spiro atoms. The predicted molar refractivity (Wildman–Crippen MR) is 105 cm³/mol. The van der Waals surface area contributed by atoms with Crippen molar-refractivity contribution >= 4 is 63.9 Å². The summed E-state index contributed by atoms with van der Waals surface area (Å²) in [6, 6.07) is 9.45. The maximum atomic E-state index is 12.7. The van der Waals surface area contributed by atoms with Crippen LogP contribution in [-0.2, 0) is 4.79 Å². The number of nitro benzene ring substituents is 1. The molecule has 0 atom stereocenters. The molecule has 26 heavy (non-hydrogen) atoms. The van der Waals surface area contributed by atoms with Crippen LogP contribution in [0.5, 0.6) is 0 Å². The van der Waals surface area contributed by atoms with E-state index in [0.29, 0.717) is 16.3 Å². The molecule has 9 heteroatoms. The number of thiocarbonyl (C=S) groups is 1. The Kier molecular flexibility index (Phi) is 4.95. The third kappa shape index (κ3) is 3.41. The Balaban J connectivity index is 1.96. The number of aryl methyl sites for hydroxylation is 1. The zero-order valence-corrected chi connectivity index (χ0v) is 15.7. The fourth-order valence-corrected chi connectivity index (χ4v) is 3.08. The first kappa shape index (κ1) is 18.3. The molecule has 0 saturated carbocycles. The molecule has 1 fully saturated rings. The van der Waals surface area contributed by atoms with Crippen molar-refractivity contribution in [3.8, 4) is 0 Å². The van der Waals surface area contributed by atoms with Crippen molar-refractivity contribution in [1.82, 2.24) is 5.32 Å². The Morgan fingerprint density at radius 3 is 2.58 bits per heavy atom. The van der Waals surface area contributed by atoms with Gasteiger partial charge in [0.2, 0.25) is 0 Å². The van der Waals surface area contributed by atoms with Crippen LogP contribution < -0.4 is 10.2 Å². The molecule has 2 aromatic rings. The molecule has 3 rings (SSSR count). The van der Waals surface area contributed by atoms with Crippen LogP contribution in [0.2, 0.25) is 10.0 Å². The van der Waals surface area contributed by atoms with Gasteiger partial charge in [-0.15, -0.1) is 0 Å². The van der Waals surface area contributed by atoms with E-state index in [1.165, 1.54) is 23.1 Å². The third-order valence-electron chi connectivity index (χ3n) is 3.77. The number of carbonyl (C=O) groups excluding carboxylic acids is 1. The van der Waals surface area contributed by atoms with Crippen molar-refractivity contribution < 1.29 is 9.72 Å². The van der Waals surface area contributed by atoms with Crippen LogP contribution in [0.3, 0.4) is 0 Å². The molecule has 1 heterocycles. The number of amides is 1. The molecule has 132 valence electrons. The number of carbonyl (C=O) groups is 1. The van der Waals surface area contributed by atoms with Gasteiger partial charge in [-0.05, 0) is 54.5 Å². The summed E-state index contributed by atoms with van der Waals surface area (Å²) < 4.78 is 0. The summed E-state index contributed by atoms with van der Waals surface area (Å²) in [6.45, 7) is 1.85. The molecular weight excluding hydrogens is 397 g/mol. The molecular formula is C17H11Cl2N3O3S. The third-order valence-corrected chi connectivity index (χ3v) is 4.78. The Labute approximate surface area is 164 Å². The highest BCUT2D eigenvalue weighted by Crippen LogP contribution is 2.29. The fraction of sp³-hybridized carbons (Fsp3) is 0.0588. The number of nitrogens with one attached hydrogen (secondary N) is 1. The molecule has 1 aliphatic heterocycles. The van der Waals surface area contributed by atoms with Crippen molar-refractivity contribution in [3.63, 3.8) is 0 Å². The van der Waals surface area contributed by atoms with Gasteiger partial charge in [0.15, 0.2) is 5.11 Å². The Morgan fingerprint density at radius 1 is 1.19 bits per heavy atom. The van der Waals surface area contributed by atoms with Gasteiger partial charge in [0, 0.05) is 11.1 Å². The average molecular weight is 408 g/mol. The van der Waals surface area contributed by atoms with Crippen LogP contribution in [0.4, 0.5) is 11.4 Å². The Morgan fingerprint density at radius 2 is 1.92 bits per heavy atom. The van der Waals surface area contributed by atoms with Gasteiger partial charge >= 0.3 is 0 Å². The Bertz CT molecular complexity index is 991. The lowest BCUT2D eigenvalue weighted by molar-refractivity contribution is -0.384. The van der Waals surface area contributed by atoms with Crippen molar-refractivity contribution in [2.75, 3.05) is 4.90 Å². The summed E-state index contributed by atoms with van der Waals surface area (Å²) in [4.78, 5) is 24.4. The second-order valence-corrected chi connectivity index (χ2v) is 6.73. The minimum absolute atomic E-state index is 0.0225. The highest BCUT2D eigenvalue weighted by Gasteiger charge is 2.32. The molecule has 0 unspecified atom stereocenters. The lowest BCUT2D eigenvalue weighted by Crippen LogP contribution is -2.30. The molecule has 0 aromatic heterocycles. The monoisotopic (exact) mass is 407 g/mol. The van der Waals surface area contributed by atoms with Crippen molar-refractivity contribution in [3.05, 3.63) is 73.4 Å². The highest BCUT2D eigenvalue weighted by molar-refractivity contribution is 7.80. The largest absolute Gasteiger partial charge is 0.327 e. The smallest absolute Gasteiger partial charge is 0.288 e. The topological polar surface area (TPSA) is 75.5 Å².